The second-order valence-electron chi connectivity index (χ2n) is 5.93. The molecule has 4 heteroatoms. The Kier molecular flexibility index (Phi) is 6.85. The number of carbonyl (C=O) groups excluding carboxylic acids is 1. The second kappa shape index (κ2) is 8.88. The van der Waals surface area contributed by atoms with Gasteiger partial charge in [-0.15, -0.1) is 0 Å². The summed E-state index contributed by atoms with van der Waals surface area (Å²) in [6.45, 7) is 6.35. The number of rotatable bonds is 7. The molecule has 2 rings (SSSR count). The fourth-order valence-electron chi connectivity index (χ4n) is 2.50. The molecule has 2 aromatic carbocycles. The van der Waals surface area contributed by atoms with E-state index in [0.717, 1.165) is 28.0 Å². The van der Waals surface area contributed by atoms with Gasteiger partial charge in [-0.25, -0.2) is 0 Å². The fraction of sp³-hybridized carbons (Fsp3) is 0.350. The molecule has 0 aromatic heterocycles. The lowest BCUT2D eigenvalue weighted by Gasteiger charge is -2.12. The highest BCUT2D eigenvalue weighted by Crippen LogP contribution is 2.30. The minimum atomic E-state index is -0.130. The van der Waals surface area contributed by atoms with Gasteiger partial charge in [0.05, 0.1) is 6.61 Å². The molecule has 2 aromatic rings. The van der Waals surface area contributed by atoms with E-state index in [9.17, 15) is 4.79 Å². The Morgan fingerprint density at radius 1 is 1.17 bits per heavy atom. The Morgan fingerprint density at radius 2 is 1.88 bits per heavy atom. The lowest BCUT2D eigenvalue weighted by Crippen LogP contribution is -2.11. The molecule has 24 heavy (non-hydrogen) atoms. The number of carbonyl (C=O) groups is 1. The third-order valence-corrected chi connectivity index (χ3v) is 4.63. The largest absolute Gasteiger partial charge is 0.466 e. The number of hydrogen-bond acceptors (Lipinski definition) is 3. The van der Waals surface area contributed by atoms with Crippen LogP contribution in [-0.2, 0) is 16.0 Å². The van der Waals surface area contributed by atoms with Gasteiger partial charge in [0.15, 0.2) is 0 Å². The van der Waals surface area contributed by atoms with E-state index in [4.69, 9.17) is 9.47 Å². The topological polar surface area (TPSA) is 35.5 Å². The van der Waals surface area contributed by atoms with E-state index in [1.165, 1.54) is 5.56 Å². The van der Waals surface area contributed by atoms with Crippen molar-refractivity contribution >= 4 is 21.9 Å². The zero-order chi connectivity index (χ0) is 17.5. The minimum absolute atomic E-state index is 0.130. The summed E-state index contributed by atoms with van der Waals surface area (Å²) >= 11 is 3.51. The molecule has 0 heterocycles. The first-order valence-electron chi connectivity index (χ1n) is 8.17. The van der Waals surface area contributed by atoms with Gasteiger partial charge in [0.25, 0.3) is 0 Å². The lowest BCUT2D eigenvalue weighted by atomic mass is 9.98. The Labute approximate surface area is 152 Å². The molecular weight excluding hydrogens is 368 g/mol. The second-order valence-corrected chi connectivity index (χ2v) is 6.78. The molecule has 0 aliphatic carbocycles. The number of esters is 1. The van der Waals surface area contributed by atoms with Crippen LogP contribution in [0.2, 0.25) is 0 Å². The maximum absolute atomic E-state index is 11.5. The SMILES string of the molecule is CCOC(=O)C[C@@H](C)Cc1ccc(Oc2cccc(Br)c2C)cc1. The summed E-state index contributed by atoms with van der Waals surface area (Å²) in [6, 6.07) is 13.9. The molecular formula is C20H23BrO3. The highest BCUT2D eigenvalue weighted by Gasteiger charge is 2.11. The van der Waals surface area contributed by atoms with Gasteiger partial charge in [0, 0.05) is 16.5 Å². The van der Waals surface area contributed by atoms with Gasteiger partial charge in [-0.2, -0.15) is 0 Å². The van der Waals surface area contributed by atoms with Crippen LogP contribution in [0.25, 0.3) is 0 Å². The summed E-state index contributed by atoms with van der Waals surface area (Å²) in [5, 5.41) is 0. The van der Waals surface area contributed by atoms with Gasteiger partial charge in [-0.05, 0) is 56.0 Å². The van der Waals surface area contributed by atoms with Crippen molar-refractivity contribution < 1.29 is 14.3 Å². The maximum atomic E-state index is 11.5. The summed E-state index contributed by atoms with van der Waals surface area (Å²) in [7, 11) is 0. The summed E-state index contributed by atoms with van der Waals surface area (Å²) in [5.74, 6) is 1.77. The van der Waals surface area contributed by atoms with Crippen LogP contribution in [0.3, 0.4) is 0 Å². The zero-order valence-electron chi connectivity index (χ0n) is 14.3. The molecule has 0 aliphatic heterocycles. The van der Waals surface area contributed by atoms with E-state index in [1.54, 1.807) is 0 Å². The van der Waals surface area contributed by atoms with Crippen LogP contribution in [0, 0.1) is 12.8 Å². The van der Waals surface area contributed by atoms with Gasteiger partial charge >= 0.3 is 5.97 Å². The van der Waals surface area contributed by atoms with Crippen molar-refractivity contribution in [2.75, 3.05) is 6.61 Å². The first-order valence-corrected chi connectivity index (χ1v) is 8.96. The van der Waals surface area contributed by atoms with Gasteiger partial charge < -0.3 is 9.47 Å². The fourth-order valence-corrected chi connectivity index (χ4v) is 2.85. The zero-order valence-corrected chi connectivity index (χ0v) is 15.9. The van der Waals surface area contributed by atoms with Crippen molar-refractivity contribution in [3.8, 4) is 11.5 Å². The quantitative estimate of drug-likeness (QED) is 0.570. The summed E-state index contributed by atoms with van der Waals surface area (Å²) in [6.07, 6.45) is 1.29. The highest BCUT2D eigenvalue weighted by atomic mass is 79.9. The van der Waals surface area contributed by atoms with E-state index in [1.807, 2.05) is 56.3 Å². The maximum Gasteiger partial charge on any atom is 0.306 e. The van der Waals surface area contributed by atoms with Gasteiger partial charge in [-0.1, -0.05) is 41.1 Å². The van der Waals surface area contributed by atoms with Crippen LogP contribution in [0.15, 0.2) is 46.9 Å². The molecule has 3 nitrogen and oxygen atoms in total. The normalized spacial score (nSPS) is 11.8. The minimum Gasteiger partial charge on any atom is -0.466 e. The predicted octanol–water partition coefficient (Wildman–Crippen LogP) is 5.68. The number of hydrogen-bond donors (Lipinski definition) is 0. The molecule has 0 amide bonds. The van der Waals surface area contributed by atoms with E-state index in [0.29, 0.717) is 13.0 Å². The van der Waals surface area contributed by atoms with Gasteiger partial charge in [0.1, 0.15) is 11.5 Å². The number of benzene rings is 2. The van der Waals surface area contributed by atoms with E-state index in [-0.39, 0.29) is 11.9 Å². The summed E-state index contributed by atoms with van der Waals surface area (Å²) < 4.78 is 12.0. The molecule has 0 radical (unpaired) electrons. The molecule has 0 bridgehead atoms. The number of ether oxygens (including phenoxy) is 2. The average molecular weight is 391 g/mol. The molecule has 0 aliphatic rings. The molecule has 0 fully saturated rings. The third kappa shape index (κ3) is 5.38. The average Bonchev–Trinajstić information content (AvgIpc) is 2.53. The highest BCUT2D eigenvalue weighted by molar-refractivity contribution is 9.10. The van der Waals surface area contributed by atoms with E-state index >= 15 is 0 Å². The van der Waals surface area contributed by atoms with Crippen LogP contribution in [0.5, 0.6) is 11.5 Å². The van der Waals surface area contributed by atoms with Gasteiger partial charge in [-0.3, -0.25) is 4.79 Å². The molecule has 0 N–H and O–H groups in total. The molecule has 0 spiro atoms. The Morgan fingerprint density at radius 3 is 2.54 bits per heavy atom. The van der Waals surface area contributed by atoms with Crippen LogP contribution < -0.4 is 4.74 Å². The van der Waals surface area contributed by atoms with Crippen LogP contribution >= 0.6 is 15.9 Å². The lowest BCUT2D eigenvalue weighted by molar-refractivity contribution is -0.144. The smallest absolute Gasteiger partial charge is 0.306 e. The van der Waals surface area contributed by atoms with Crippen molar-refractivity contribution in [1.82, 2.24) is 0 Å². The number of halogens is 1. The first kappa shape index (κ1) is 18.5. The van der Waals surface area contributed by atoms with Crippen molar-refractivity contribution in [2.24, 2.45) is 5.92 Å². The Balaban J connectivity index is 1.95. The van der Waals surface area contributed by atoms with E-state index < -0.39 is 0 Å². The predicted molar refractivity (Wildman–Crippen MR) is 99.5 cm³/mol. The molecule has 128 valence electrons. The van der Waals surface area contributed by atoms with Crippen molar-refractivity contribution in [3.05, 3.63) is 58.1 Å². The van der Waals surface area contributed by atoms with Crippen LogP contribution in [-0.4, -0.2) is 12.6 Å². The molecule has 0 unspecified atom stereocenters. The standard InChI is InChI=1S/C20H23BrO3/c1-4-23-20(22)13-14(2)12-16-8-10-17(11-9-16)24-19-7-5-6-18(21)15(19)3/h5-11,14H,4,12-13H2,1-3H3/t14-/m0/s1. The molecule has 1 atom stereocenters. The van der Waals surface area contributed by atoms with Crippen molar-refractivity contribution in [3.63, 3.8) is 0 Å². The molecule has 0 saturated heterocycles. The third-order valence-electron chi connectivity index (χ3n) is 3.77. The Hall–Kier alpha value is -1.81. The van der Waals surface area contributed by atoms with Gasteiger partial charge in [0.2, 0.25) is 0 Å². The van der Waals surface area contributed by atoms with Crippen LogP contribution in [0.1, 0.15) is 31.4 Å². The van der Waals surface area contributed by atoms with Crippen molar-refractivity contribution in [1.29, 1.82) is 0 Å². The Bertz CT molecular complexity index is 680. The first-order chi connectivity index (χ1) is 11.5. The summed E-state index contributed by atoms with van der Waals surface area (Å²) in [5.41, 5.74) is 2.26. The molecule has 0 saturated carbocycles. The van der Waals surface area contributed by atoms with E-state index in [2.05, 4.69) is 22.9 Å². The monoisotopic (exact) mass is 390 g/mol. The van der Waals surface area contributed by atoms with Crippen molar-refractivity contribution in [2.45, 2.75) is 33.6 Å². The van der Waals surface area contributed by atoms with Crippen LogP contribution in [0.4, 0.5) is 0 Å². The summed E-state index contributed by atoms with van der Waals surface area (Å²) in [4.78, 5) is 11.5.